The fraction of sp³-hybridized carbons (Fsp3) is 1.00. The van der Waals surface area contributed by atoms with Crippen molar-refractivity contribution in [3.05, 3.63) is 0 Å². The molecule has 7 heteroatoms. The second-order valence-electron chi connectivity index (χ2n) is 2.36. The summed E-state index contributed by atoms with van der Waals surface area (Å²) in [5, 5.41) is 0. The van der Waals surface area contributed by atoms with Crippen LogP contribution in [0.2, 0.25) is 0 Å². The van der Waals surface area contributed by atoms with Gasteiger partial charge in [0.25, 0.3) is 0 Å². The minimum atomic E-state index is -1.95. The first-order valence-electron chi connectivity index (χ1n) is 4.26. The lowest BCUT2D eigenvalue weighted by molar-refractivity contribution is 0.0262. The molecule has 0 aromatic heterocycles. The van der Waals surface area contributed by atoms with Crippen LogP contribution >= 0.6 is 0 Å². The molecule has 0 aliphatic heterocycles. The molecular weight excluding hydrogens is 210 g/mol. The highest BCUT2D eigenvalue weighted by Crippen LogP contribution is 1.79. The lowest BCUT2D eigenvalue weighted by Gasteiger charge is -2.04. The summed E-state index contributed by atoms with van der Waals surface area (Å²) in [6.45, 7) is 2.85. The molecule has 6 nitrogen and oxygen atoms in total. The van der Waals surface area contributed by atoms with Crippen LogP contribution in [0.25, 0.3) is 0 Å². The van der Waals surface area contributed by atoms with Gasteiger partial charge in [0.15, 0.2) is 0 Å². The van der Waals surface area contributed by atoms with Crippen LogP contribution in [0, 0.1) is 0 Å². The maximum absolute atomic E-state index is 10.1. The Morgan fingerprint density at radius 1 is 1.14 bits per heavy atom. The lowest BCUT2D eigenvalue weighted by Crippen LogP contribution is -2.22. The van der Waals surface area contributed by atoms with Crippen molar-refractivity contribution in [2.75, 3.05) is 46.7 Å². The highest BCUT2D eigenvalue weighted by atomic mass is 32.2. The molecule has 0 aromatic carbocycles. The van der Waals surface area contributed by atoms with Crippen LogP contribution in [0.1, 0.15) is 0 Å². The summed E-state index contributed by atoms with van der Waals surface area (Å²) in [6, 6.07) is 0. The summed E-state index contributed by atoms with van der Waals surface area (Å²) >= 11 is -1.95. The number of rotatable bonds is 10. The Kier molecular flexibility index (Phi) is 11.0. The summed E-state index contributed by atoms with van der Waals surface area (Å²) < 4.78 is 35.7. The monoisotopic (exact) mass is 227 g/mol. The van der Waals surface area contributed by atoms with Gasteiger partial charge < -0.3 is 14.2 Å². The Bertz CT molecular complexity index is 146. The maximum atomic E-state index is 10.1. The highest BCUT2D eigenvalue weighted by Gasteiger charge is 1.92. The average Bonchev–Trinajstić information content (AvgIpc) is 2.15. The van der Waals surface area contributed by atoms with Gasteiger partial charge >= 0.3 is 0 Å². The minimum Gasteiger partial charge on any atom is -0.382 e. The smallest absolute Gasteiger partial charge is 0.231 e. The van der Waals surface area contributed by atoms with Crippen LogP contribution in [0.4, 0.5) is 0 Å². The van der Waals surface area contributed by atoms with Gasteiger partial charge in [0.05, 0.1) is 33.0 Å². The Hall–Kier alpha value is -0.0500. The van der Waals surface area contributed by atoms with Crippen molar-refractivity contribution in [2.24, 2.45) is 0 Å². The predicted molar refractivity (Wildman–Crippen MR) is 52.3 cm³/mol. The minimum absolute atomic E-state index is 0.348. The molecule has 0 saturated carbocycles. The lowest BCUT2D eigenvalue weighted by atomic mass is 10.7. The summed E-state index contributed by atoms with van der Waals surface area (Å²) in [5.74, 6) is 0. The second kappa shape index (κ2) is 11.0. The molecule has 2 N–H and O–H groups in total. The van der Waals surface area contributed by atoms with Crippen molar-refractivity contribution in [3.63, 3.8) is 0 Å². The van der Waals surface area contributed by atoms with Gasteiger partial charge in [-0.2, -0.15) is 0 Å². The van der Waals surface area contributed by atoms with Gasteiger partial charge in [-0.15, -0.1) is 0 Å². The fourth-order valence-corrected chi connectivity index (χ4v) is 0.923. The number of hydrogen-bond acceptors (Lipinski definition) is 4. The summed E-state index contributed by atoms with van der Waals surface area (Å²) in [5.41, 5.74) is 0. The van der Waals surface area contributed by atoms with Gasteiger partial charge in [-0.3, -0.25) is 4.55 Å². The van der Waals surface area contributed by atoms with Crippen LogP contribution < -0.4 is 4.72 Å². The van der Waals surface area contributed by atoms with Crippen LogP contribution in [0.5, 0.6) is 0 Å². The van der Waals surface area contributed by atoms with E-state index in [1.54, 1.807) is 7.11 Å². The van der Waals surface area contributed by atoms with Crippen LogP contribution in [-0.4, -0.2) is 55.5 Å². The Morgan fingerprint density at radius 2 is 1.71 bits per heavy atom. The molecule has 0 aromatic rings. The molecule has 0 aliphatic rings. The first kappa shape index (κ1) is 13.9. The van der Waals surface area contributed by atoms with Crippen molar-refractivity contribution in [2.45, 2.75) is 0 Å². The van der Waals surface area contributed by atoms with E-state index >= 15 is 0 Å². The standard InChI is InChI=1S/C7H17NO5S/c1-11-4-5-13-7-6-12-3-2-8-14(9)10/h8H,2-7H2,1H3,(H,9,10). The summed E-state index contributed by atoms with van der Waals surface area (Å²) in [6.07, 6.45) is 0. The van der Waals surface area contributed by atoms with Gasteiger partial charge in [0, 0.05) is 13.7 Å². The van der Waals surface area contributed by atoms with Crippen LogP contribution in [0.3, 0.4) is 0 Å². The molecule has 1 unspecified atom stereocenters. The van der Waals surface area contributed by atoms with E-state index in [4.69, 9.17) is 18.8 Å². The third-order valence-electron chi connectivity index (χ3n) is 1.28. The molecule has 0 bridgehead atoms. The first-order chi connectivity index (χ1) is 6.77. The second-order valence-corrected chi connectivity index (χ2v) is 3.15. The molecule has 0 amide bonds. The topological polar surface area (TPSA) is 77.0 Å². The molecule has 0 fully saturated rings. The highest BCUT2D eigenvalue weighted by molar-refractivity contribution is 7.77. The largest absolute Gasteiger partial charge is 0.382 e. The van der Waals surface area contributed by atoms with E-state index in [9.17, 15) is 4.21 Å². The molecule has 0 radical (unpaired) electrons. The van der Waals surface area contributed by atoms with Crippen molar-refractivity contribution in [3.8, 4) is 0 Å². The number of methoxy groups -OCH3 is 1. The maximum Gasteiger partial charge on any atom is 0.231 e. The number of nitrogens with one attached hydrogen (secondary N) is 1. The van der Waals surface area contributed by atoms with Gasteiger partial charge in [-0.25, -0.2) is 8.93 Å². The molecule has 1 atom stereocenters. The predicted octanol–water partition coefficient (Wildman–Crippen LogP) is -0.608. The number of hydrogen-bond donors (Lipinski definition) is 2. The molecule has 0 aliphatic carbocycles. The van der Waals surface area contributed by atoms with E-state index in [-0.39, 0.29) is 0 Å². The van der Waals surface area contributed by atoms with Crippen molar-refractivity contribution >= 4 is 11.3 Å². The van der Waals surface area contributed by atoms with E-state index in [1.807, 2.05) is 0 Å². The summed E-state index contributed by atoms with van der Waals surface area (Å²) in [4.78, 5) is 0. The van der Waals surface area contributed by atoms with Crippen molar-refractivity contribution in [1.29, 1.82) is 0 Å². The van der Waals surface area contributed by atoms with Gasteiger partial charge in [-0.05, 0) is 0 Å². The van der Waals surface area contributed by atoms with E-state index in [1.165, 1.54) is 0 Å². The normalized spacial score (nSPS) is 13.0. The van der Waals surface area contributed by atoms with Crippen LogP contribution in [0.15, 0.2) is 0 Å². The van der Waals surface area contributed by atoms with Gasteiger partial charge in [-0.1, -0.05) is 0 Å². The zero-order valence-electron chi connectivity index (χ0n) is 8.23. The quantitative estimate of drug-likeness (QED) is 0.385. The van der Waals surface area contributed by atoms with Crippen LogP contribution in [-0.2, 0) is 25.5 Å². The van der Waals surface area contributed by atoms with E-state index in [0.717, 1.165) is 0 Å². The first-order valence-corrected chi connectivity index (χ1v) is 5.37. The number of ether oxygens (including phenoxy) is 3. The molecule has 0 heterocycles. The fourth-order valence-electron chi connectivity index (χ4n) is 0.665. The zero-order chi connectivity index (χ0) is 10.6. The molecular formula is C7H17NO5S. The molecule has 0 spiro atoms. The van der Waals surface area contributed by atoms with E-state index in [2.05, 4.69) is 4.72 Å². The van der Waals surface area contributed by atoms with Crippen molar-refractivity contribution < 1.29 is 23.0 Å². The third-order valence-corrected chi connectivity index (χ3v) is 1.73. The Labute approximate surface area is 86.3 Å². The van der Waals surface area contributed by atoms with E-state index in [0.29, 0.717) is 39.6 Å². The third kappa shape index (κ3) is 11.9. The molecule has 86 valence electrons. The molecule has 0 rings (SSSR count). The van der Waals surface area contributed by atoms with E-state index < -0.39 is 11.3 Å². The van der Waals surface area contributed by atoms with Gasteiger partial charge in [0.1, 0.15) is 0 Å². The SMILES string of the molecule is COCCOCCOCCNS(=O)O. The van der Waals surface area contributed by atoms with Crippen molar-refractivity contribution in [1.82, 2.24) is 4.72 Å². The Balaban J connectivity index is 2.88. The molecule has 0 saturated heterocycles. The Morgan fingerprint density at radius 3 is 2.29 bits per heavy atom. The molecule has 14 heavy (non-hydrogen) atoms. The average molecular weight is 227 g/mol. The summed E-state index contributed by atoms with van der Waals surface area (Å²) in [7, 11) is 1.61. The zero-order valence-corrected chi connectivity index (χ0v) is 9.05. The van der Waals surface area contributed by atoms with Gasteiger partial charge in [0.2, 0.25) is 11.3 Å².